The van der Waals surface area contributed by atoms with Crippen LogP contribution in [-0.2, 0) is 22.6 Å². The summed E-state index contributed by atoms with van der Waals surface area (Å²) in [6.45, 7) is 0.340. The molecular formula is C30H32FN3O7. The maximum atomic E-state index is 14.5. The molecule has 10 nitrogen and oxygen atoms in total. The van der Waals surface area contributed by atoms with E-state index in [0.717, 1.165) is 0 Å². The van der Waals surface area contributed by atoms with Gasteiger partial charge in [-0.1, -0.05) is 12.1 Å². The highest BCUT2D eigenvalue weighted by atomic mass is 19.1. The van der Waals surface area contributed by atoms with Crippen molar-refractivity contribution in [3.63, 3.8) is 0 Å². The number of Topliss-reactive ketones (excluding diaryl/α,β-unsaturated/α-hetero) is 2. The number of primary amides is 1. The van der Waals surface area contributed by atoms with Gasteiger partial charge in [0, 0.05) is 23.6 Å². The van der Waals surface area contributed by atoms with Crippen LogP contribution in [0.15, 0.2) is 53.0 Å². The van der Waals surface area contributed by atoms with E-state index in [4.69, 9.17) is 5.73 Å². The highest BCUT2D eigenvalue weighted by Crippen LogP contribution is 2.53. The number of nitrogens with two attached hydrogens (primary N) is 1. The quantitative estimate of drug-likeness (QED) is 0.341. The lowest BCUT2D eigenvalue weighted by molar-refractivity contribution is -0.148. The van der Waals surface area contributed by atoms with Gasteiger partial charge in [0.15, 0.2) is 11.4 Å². The summed E-state index contributed by atoms with van der Waals surface area (Å²) in [4.78, 5) is 42.8. The Morgan fingerprint density at radius 2 is 1.78 bits per heavy atom. The Kier molecular flexibility index (Phi) is 6.80. The van der Waals surface area contributed by atoms with Crippen LogP contribution in [0.3, 0.4) is 0 Å². The van der Waals surface area contributed by atoms with Crippen LogP contribution in [0.1, 0.15) is 27.9 Å². The Balaban J connectivity index is 1.69. The first kappa shape index (κ1) is 28.5. The van der Waals surface area contributed by atoms with Gasteiger partial charge in [0.05, 0.1) is 11.6 Å². The lowest BCUT2D eigenvalue weighted by atomic mass is 9.58. The number of rotatable bonds is 5. The third-order valence-corrected chi connectivity index (χ3v) is 8.45. The van der Waals surface area contributed by atoms with Crippen molar-refractivity contribution in [3.05, 3.63) is 75.5 Å². The van der Waals surface area contributed by atoms with E-state index in [1.54, 1.807) is 32.3 Å². The zero-order valence-corrected chi connectivity index (χ0v) is 23.1. The van der Waals surface area contributed by atoms with Gasteiger partial charge >= 0.3 is 0 Å². The lowest BCUT2D eigenvalue weighted by Gasteiger charge is -2.50. The van der Waals surface area contributed by atoms with Gasteiger partial charge in [0.1, 0.15) is 28.7 Å². The van der Waals surface area contributed by atoms with Crippen molar-refractivity contribution in [3.8, 4) is 16.9 Å². The van der Waals surface area contributed by atoms with Crippen molar-refractivity contribution in [2.75, 3.05) is 28.2 Å². The fourth-order valence-corrected chi connectivity index (χ4v) is 6.73. The van der Waals surface area contributed by atoms with E-state index in [1.165, 1.54) is 17.0 Å². The molecule has 0 aliphatic heterocycles. The number of allylic oxidation sites excluding steroid dienone is 1. The van der Waals surface area contributed by atoms with Crippen LogP contribution in [0, 0.1) is 17.7 Å². The maximum Gasteiger partial charge on any atom is 0.255 e. The number of aliphatic hydroxyl groups excluding tert-OH is 2. The number of phenolic OH excluding ortho intramolecular Hbond substituents is 1. The van der Waals surface area contributed by atoms with Crippen molar-refractivity contribution < 1.29 is 39.2 Å². The summed E-state index contributed by atoms with van der Waals surface area (Å²) in [5.41, 5.74) is 3.63. The van der Waals surface area contributed by atoms with E-state index in [-0.39, 0.29) is 35.5 Å². The molecule has 0 heterocycles. The number of aliphatic hydroxyl groups is 3. The molecule has 1 amide bonds. The molecule has 3 aliphatic rings. The van der Waals surface area contributed by atoms with Crippen molar-refractivity contribution in [1.82, 2.24) is 9.80 Å². The number of amides is 1. The fourth-order valence-electron chi connectivity index (χ4n) is 6.73. The van der Waals surface area contributed by atoms with Crippen LogP contribution in [0.25, 0.3) is 11.1 Å². The molecule has 4 atom stereocenters. The maximum absolute atomic E-state index is 14.5. The number of ketones is 2. The molecule has 2 aromatic rings. The molecule has 0 spiro atoms. The fraction of sp³-hybridized carbons (Fsp3) is 0.367. The molecule has 41 heavy (non-hydrogen) atoms. The van der Waals surface area contributed by atoms with Gasteiger partial charge in [-0.3, -0.25) is 19.3 Å². The summed E-state index contributed by atoms with van der Waals surface area (Å²) >= 11 is 0. The number of nitrogens with zero attached hydrogens (tertiary/aromatic N) is 2. The minimum atomic E-state index is -2.70. The number of carbonyl (C=O) groups is 3. The largest absolute Gasteiger partial charge is 0.510 e. The molecule has 0 aromatic heterocycles. The van der Waals surface area contributed by atoms with E-state index >= 15 is 0 Å². The summed E-state index contributed by atoms with van der Waals surface area (Å²) in [5.74, 6) is -7.44. The van der Waals surface area contributed by atoms with Crippen molar-refractivity contribution in [2.24, 2.45) is 17.6 Å². The molecule has 6 N–H and O–H groups in total. The van der Waals surface area contributed by atoms with Gasteiger partial charge < -0.3 is 31.1 Å². The minimum absolute atomic E-state index is 0.0177. The Hall–Kier alpha value is -4.06. The third-order valence-electron chi connectivity index (χ3n) is 8.45. The van der Waals surface area contributed by atoms with Crippen molar-refractivity contribution in [1.29, 1.82) is 0 Å². The van der Waals surface area contributed by atoms with E-state index in [0.29, 0.717) is 28.8 Å². The van der Waals surface area contributed by atoms with Crippen LogP contribution in [0.5, 0.6) is 5.75 Å². The van der Waals surface area contributed by atoms with E-state index < -0.39 is 58.0 Å². The molecule has 2 aromatic carbocycles. The minimum Gasteiger partial charge on any atom is -0.510 e. The molecule has 4 unspecified atom stereocenters. The van der Waals surface area contributed by atoms with Crippen molar-refractivity contribution >= 4 is 17.5 Å². The van der Waals surface area contributed by atoms with E-state index in [9.17, 15) is 39.2 Å². The average molecular weight is 566 g/mol. The van der Waals surface area contributed by atoms with Crippen LogP contribution in [-0.4, -0.2) is 87.5 Å². The standard InChI is InChI=1S/C30H32FN3O7/c1-33(2)12-15-9-13(5-7-19(15)31)16-6-8-20(35)22-17(16)10-14-11-18-24(34(3)4)26(37)23(29(32)40)28(39)30(18,41)27(38)21(14)25(22)36/h5-9,14,18,24,35,37-38,41H,10-12H2,1-4H3,(H2,32,40). The SMILES string of the molecule is CN(C)Cc1cc(-c2ccc(O)c3c2CC2CC4C(N(C)C)C(O)=C(C(N)=O)C(=O)C4(O)C(O)=C2C3=O)ccc1F. The van der Waals surface area contributed by atoms with Gasteiger partial charge in [-0.05, 0) is 81.8 Å². The smallest absolute Gasteiger partial charge is 0.255 e. The Labute approximate surface area is 235 Å². The number of halogens is 1. The second-order valence-corrected chi connectivity index (χ2v) is 11.5. The number of hydrogen-bond acceptors (Lipinski definition) is 9. The molecule has 5 rings (SSSR count). The number of phenols is 1. The van der Waals surface area contributed by atoms with Crippen molar-refractivity contribution in [2.45, 2.75) is 31.0 Å². The second kappa shape index (κ2) is 9.79. The Morgan fingerprint density at radius 1 is 1.10 bits per heavy atom. The number of fused-ring (bicyclic) bond motifs is 3. The van der Waals surface area contributed by atoms with Gasteiger partial charge in [-0.15, -0.1) is 0 Å². The van der Waals surface area contributed by atoms with Gasteiger partial charge in [0.2, 0.25) is 5.78 Å². The molecular weight excluding hydrogens is 533 g/mol. The van der Waals surface area contributed by atoms with Crippen LogP contribution >= 0.6 is 0 Å². The highest BCUT2D eigenvalue weighted by Gasteiger charge is 2.63. The summed E-state index contributed by atoms with van der Waals surface area (Å²) in [7, 11) is 6.77. The number of carbonyl (C=O) groups excluding carboxylic acids is 3. The van der Waals surface area contributed by atoms with Gasteiger partial charge in [-0.2, -0.15) is 0 Å². The predicted octanol–water partition coefficient (Wildman–Crippen LogP) is 1.99. The molecule has 0 saturated carbocycles. The average Bonchev–Trinajstić information content (AvgIpc) is 2.87. The van der Waals surface area contributed by atoms with Crippen LogP contribution < -0.4 is 5.73 Å². The second-order valence-electron chi connectivity index (χ2n) is 11.5. The number of aromatic hydroxyl groups is 1. The molecule has 3 aliphatic carbocycles. The van der Waals surface area contributed by atoms with Crippen LogP contribution in [0.2, 0.25) is 0 Å². The van der Waals surface area contributed by atoms with Gasteiger partial charge in [-0.25, -0.2) is 4.39 Å². The molecule has 216 valence electrons. The highest BCUT2D eigenvalue weighted by molar-refractivity contribution is 6.24. The topological polar surface area (TPSA) is 165 Å². The molecule has 0 radical (unpaired) electrons. The zero-order valence-electron chi connectivity index (χ0n) is 23.1. The summed E-state index contributed by atoms with van der Waals surface area (Å²) in [5, 5.41) is 44.8. The number of likely N-dealkylation sites (N-methyl/N-ethyl adjacent to an activating group) is 1. The zero-order chi connectivity index (χ0) is 30.1. The molecule has 0 saturated heterocycles. The first-order valence-corrected chi connectivity index (χ1v) is 13.1. The predicted molar refractivity (Wildman–Crippen MR) is 146 cm³/mol. The lowest BCUT2D eigenvalue weighted by Crippen LogP contribution is -2.63. The Morgan fingerprint density at radius 3 is 2.39 bits per heavy atom. The van der Waals surface area contributed by atoms with E-state index in [2.05, 4.69) is 0 Å². The monoisotopic (exact) mass is 565 g/mol. The number of benzene rings is 2. The summed E-state index contributed by atoms with van der Waals surface area (Å²) in [6.07, 6.45) is 0.120. The van der Waals surface area contributed by atoms with Gasteiger partial charge in [0.25, 0.3) is 5.91 Å². The first-order valence-electron chi connectivity index (χ1n) is 13.1. The number of hydrogen-bond donors (Lipinski definition) is 5. The molecule has 0 fully saturated rings. The van der Waals surface area contributed by atoms with Crippen LogP contribution in [0.4, 0.5) is 4.39 Å². The van der Waals surface area contributed by atoms with E-state index in [1.807, 2.05) is 19.0 Å². The summed E-state index contributed by atoms with van der Waals surface area (Å²) < 4.78 is 14.5. The summed E-state index contributed by atoms with van der Waals surface area (Å²) in [6, 6.07) is 6.52. The Bertz CT molecular complexity index is 1580. The molecule has 0 bridgehead atoms. The normalized spacial score (nSPS) is 25.9. The molecule has 11 heteroatoms. The first-order chi connectivity index (χ1) is 19.2. The third kappa shape index (κ3) is 4.14.